The minimum absolute atomic E-state index is 0.00368. The highest BCUT2D eigenvalue weighted by Gasteiger charge is 2.40. The molecule has 0 spiro atoms. The van der Waals surface area contributed by atoms with E-state index in [1.54, 1.807) is 0 Å². The van der Waals surface area contributed by atoms with Crippen molar-refractivity contribution in [2.45, 2.75) is 44.6 Å². The number of hydrogen-bond donors (Lipinski definition) is 0. The monoisotopic (exact) mass is 700 g/mol. The van der Waals surface area contributed by atoms with Crippen LogP contribution in [0.4, 0.5) is 0 Å². The molecule has 9 aromatic rings. The molecule has 0 bridgehead atoms. The topological polar surface area (TPSA) is 35.9 Å². The first-order chi connectivity index (χ1) is 26.4. The number of para-hydroxylation sites is 2. The highest BCUT2D eigenvalue weighted by molar-refractivity contribution is 6.09. The van der Waals surface area contributed by atoms with Crippen molar-refractivity contribution in [2.75, 3.05) is 0 Å². The molecule has 0 saturated heterocycles. The zero-order valence-corrected chi connectivity index (χ0v) is 30.7. The molecule has 0 aliphatic carbocycles. The molecule has 0 N–H and O–H groups in total. The summed E-state index contributed by atoms with van der Waals surface area (Å²) < 4.78 is 13.5. The molecule has 1 aliphatic rings. The van der Waals surface area contributed by atoms with Crippen LogP contribution in [0.15, 0.2) is 164 Å². The van der Waals surface area contributed by atoms with Crippen molar-refractivity contribution in [1.82, 2.24) is 14.1 Å². The number of aromatic nitrogens is 4. The number of nitrogens with zero attached hydrogens (tertiary/aromatic N) is 4. The van der Waals surface area contributed by atoms with E-state index in [1.807, 2.05) is 12.3 Å². The third kappa shape index (κ3) is 5.22. The van der Waals surface area contributed by atoms with Crippen LogP contribution in [-0.2, 0) is 23.8 Å². The van der Waals surface area contributed by atoms with E-state index >= 15 is 0 Å². The molecule has 0 unspecified atom stereocenters. The summed E-state index contributed by atoms with van der Waals surface area (Å²) in [6.45, 7) is 7.50. The molecule has 4 heterocycles. The van der Waals surface area contributed by atoms with Gasteiger partial charge in [-0.05, 0) is 76.6 Å². The van der Waals surface area contributed by atoms with Crippen molar-refractivity contribution in [2.24, 2.45) is 0 Å². The van der Waals surface area contributed by atoms with Gasteiger partial charge in [0.25, 0.3) is 0 Å². The maximum Gasteiger partial charge on any atom is 0.244 e. The second-order valence-corrected chi connectivity index (χ2v) is 15.6. The quantitative estimate of drug-likeness (QED) is 0.128. The van der Waals surface area contributed by atoms with E-state index in [4.69, 9.17) is 9.72 Å². The minimum Gasteiger partial charge on any atom is -0.458 e. The van der Waals surface area contributed by atoms with Gasteiger partial charge in [-0.2, -0.15) is 0 Å². The van der Waals surface area contributed by atoms with Gasteiger partial charge < -0.3 is 13.9 Å². The Balaban J connectivity index is 1.04. The zero-order chi connectivity index (χ0) is 36.4. The van der Waals surface area contributed by atoms with E-state index in [9.17, 15) is 0 Å². The Morgan fingerprint density at radius 3 is 2.11 bits per heavy atom. The Morgan fingerprint density at radius 1 is 0.648 bits per heavy atom. The van der Waals surface area contributed by atoms with E-state index in [0.717, 1.165) is 57.9 Å². The summed E-state index contributed by atoms with van der Waals surface area (Å²) in [5.41, 5.74) is 10.5. The predicted molar refractivity (Wildman–Crippen MR) is 217 cm³/mol. The lowest BCUT2D eigenvalue weighted by atomic mass is 9.69. The molecule has 3 aromatic heterocycles. The van der Waals surface area contributed by atoms with Crippen LogP contribution in [0.5, 0.6) is 11.5 Å². The number of ether oxygens (including phenoxy) is 1. The maximum absolute atomic E-state index is 6.68. The van der Waals surface area contributed by atoms with Gasteiger partial charge in [-0.15, -0.1) is 0 Å². The zero-order valence-electron chi connectivity index (χ0n) is 30.7. The molecule has 0 atom stereocenters. The lowest BCUT2D eigenvalue weighted by Gasteiger charge is -2.38. The molecule has 10 rings (SSSR count). The molecule has 0 radical (unpaired) electrons. The van der Waals surface area contributed by atoms with Crippen LogP contribution in [0.3, 0.4) is 0 Å². The highest BCUT2D eigenvalue weighted by Crippen LogP contribution is 2.41. The molecule has 0 fully saturated rings. The van der Waals surface area contributed by atoms with Crippen molar-refractivity contribution < 1.29 is 9.30 Å². The van der Waals surface area contributed by atoms with Crippen LogP contribution in [0.25, 0.3) is 44.3 Å². The first kappa shape index (κ1) is 32.2. The highest BCUT2D eigenvalue weighted by atomic mass is 16.5. The van der Waals surface area contributed by atoms with E-state index in [2.05, 4.69) is 192 Å². The van der Waals surface area contributed by atoms with Gasteiger partial charge in [-0.25, -0.2) is 4.98 Å². The van der Waals surface area contributed by atoms with Crippen LogP contribution >= 0.6 is 0 Å². The van der Waals surface area contributed by atoms with Gasteiger partial charge in [-0.1, -0.05) is 130 Å². The summed E-state index contributed by atoms with van der Waals surface area (Å²) in [5.74, 6) is 2.43. The van der Waals surface area contributed by atoms with Gasteiger partial charge in [0.2, 0.25) is 6.33 Å². The average molecular weight is 701 g/mol. The molecular weight excluding hydrogens is 661 g/mol. The molecule has 262 valence electrons. The molecular formula is C49H40N4O. The number of hydrogen-bond acceptors (Lipinski definition) is 2. The van der Waals surface area contributed by atoms with Crippen LogP contribution in [0, 0.1) is 6.33 Å². The Morgan fingerprint density at radius 2 is 1.33 bits per heavy atom. The Hall–Kier alpha value is -6.46. The van der Waals surface area contributed by atoms with Crippen molar-refractivity contribution in [3.05, 3.63) is 193 Å². The van der Waals surface area contributed by atoms with Crippen LogP contribution in [0.2, 0.25) is 0 Å². The van der Waals surface area contributed by atoms with Crippen molar-refractivity contribution in [3.63, 3.8) is 0 Å². The fourth-order valence-corrected chi connectivity index (χ4v) is 8.56. The predicted octanol–water partition coefficient (Wildman–Crippen LogP) is 10.8. The number of pyridine rings is 1. The largest absolute Gasteiger partial charge is 0.458 e. The van der Waals surface area contributed by atoms with Crippen LogP contribution in [-0.4, -0.2) is 14.1 Å². The molecule has 0 amide bonds. The standard InChI is InChI=1S/C49H40N4O/c1-48(2,3)37-26-27-50-46(28-37)53-43-22-11-10-21-41(43)42-25-24-40(30-45(42)53)54-39-20-13-19-38(29-39)52-33-51-32-49(35-15-6-4-7-16-35,36-17-8-5-9-18-36)31-34-14-12-23-44(52)47(34)51/h4-30H,31-32H2,1-3H3. The van der Waals surface area contributed by atoms with Gasteiger partial charge in [0.05, 0.1) is 39.7 Å². The number of imidazole rings is 1. The first-order valence-corrected chi connectivity index (χ1v) is 18.7. The van der Waals surface area contributed by atoms with Crippen molar-refractivity contribution in [1.29, 1.82) is 0 Å². The Bertz CT molecular complexity index is 2800. The van der Waals surface area contributed by atoms with Crippen molar-refractivity contribution >= 4 is 32.8 Å². The van der Waals surface area contributed by atoms with Gasteiger partial charge in [0, 0.05) is 23.0 Å². The maximum atomic E-state index is 6.68. The van der Waals surface area contributed by atoms with E-state index < -0.39 is 0 Å². The van der Waals surface area contributed by atoms with E-state index in [1.165, 1.54) is 33.2 Å². The first-order valence-electron chi connectivity index (χ1n) is 18.7. The molecule has 54 heavy (non-hydrogen) atoms. The van der Waals surface area contributed by atoms with E-state index in [0.29, 0.717) is 0 Å². The number of fused-ring (bicyclic) bond motifs is 3. The van der Waals surface area contributed by atoms with Gasteiger partial charge in [0.15, 0.2) is 0 Å². The normalized spacial score (nSPS) is 13.8. The fourth-order valence-electron chi connectivity index (χ4n) is 8.56. The lowest BCUT2D eigenvalue weighted by molar-refractivity contribution is -0.686. The smallest absolute Gasteiger partial charge is 0.244 e. The summed E-state index contributed by atoms with van der Waals surface area (Å²) in [5, 5.41) is 2.35. The lowest BCUT2D eigenvalue weighted by Crippen LogP contribution is -2.51. The van der Waals surface area contributed by atoms with Gasteiger partial charge >= 0.3 is 0 Å². The third-order valence-electron chi connectivity index (χ3n) is 11.2. The molecule has 5 heteroatoms. The fraction of sp³-hybridized carbons (Fsp3) is 0.143. The van der Waals surface area contributed by atoms with Gasteiger partial charge in [-0.3, -0.25) is 4.57 Å². The number of rotatable bonds is 6. The van der Waals surface area contributed by atoms with Crippen LogP contribution in [0.1, 0.15) is 43.0 Å². The van der Waals surface area contributed by atoms with Crippen molar-refractivity contribution in [3.8, 4) is 23.0 Å². The third-order valence-corrected chi connectivity index (χ3v) is 11.2. The summed E-state index contributed by atoms with van der Waals surface area (Å²) >= 11 is 0. The van der Waals surface area contributed by atoms with Crippen LogP contribution < -0.4 is 9.30 Å². The molecule has 5 nitrogen and oxygen atoms in total. The summed E-state index contributed by atoms with van der Waals surface area (Å²) in [4.78, 5) is 4.86. The summed E-state index contributed by atoms with van der Waals surface area (Å²) in [6, 6.07) is 56.1. The molecule has 6 aromatic carbocycles. The molecule has 0 saturated carbocycles. The van der Waals surface area contributed by atoms with Gasteiger partial charge in [0.1, 0.15) is 17.3 Å². The minimum atomic E-state index is -0.215. The second kappa shape index (κ2) is 12.3. The van der Waals surface area contributed by atoms with E-state index in [-0.39, 0.29) is 10.8 Å². The second-order valence-electron chi connectivity index (χ2n) is 15.6. The SMILES string of the molecule is CC(C)(C)c1ccnc(-n2c3ccccc3c3ccc(Oc4cccc(-n5[c-][n+]6c7c(cccc75)CC(c5ccccc5)(c5ccccc5)C6)c4)cc32)c1. The Kier molecular flexibility index (Phi) is 7.34. The number of benzene rings is 6. The summed E-state index contributed by atoms with van der Waals surface area (Å²) in [6.07, 6.45) is 6.61. The summed E-state index contributed by atoms with van der Waals surface area (Å²) in [7, 11) is 0. The average Bonchev–Trinajstić information content (AvgIpc) is 3.74. The Labute approximate surface area is 315 Å². The molecule has 1 aliphatic heterocycles.